The predicted molar refractivity (Wildman–Crippen MR) is 72.6 cm³/mol. The van der Waals surface area contributed by atoms with Gasteiger partial charge < -0.3 is 15.4 Å². The monoisotopic (exact) mass is 250 g/mol. The number of nitrogens with zero attached hydrogens (tertiary/aromatic N) is 1. The lowest BCUT2D eigenvalue weighted by molar-refractivity contribution is -0.131. The molecule has 100 valence electrons. The minimum atomic E-state index is -0.112. The van der Waals surface area contributed by atoms with E-state index in [0.29, 0.717) is 12.3 Å². The molecule has 18 heavy (non-hydrogen) atoms. The van der Waals surface area contributed by atoms with Crippen molar-refractivity contribution in [2.45, 2.75) is 26.8 Å². The molecule has 1 rings (SSSR count). The number of carbonyl (C=O) groups is 1. The van der Waals surface area contributed by atoms with Crippen LogP contribution in [0.1, 0.15) is 31.0 Å². The Kier molecular flexibility index (Phi) is 5.16. The lowest BCUT2D eigenvalue weighted by Crippen LogP contribution is -2.31. The van der Waals surface area contributed by atoms with Gasteiger partial charge in [-0.3, -0.25) is 4.79 Å². The molecule has 0 aromatic heterocycles. The highest BCUT2D eigenvalue weighted by atomic mass is 16.5. The standard InChI is InChI=1S/C14H22N2O2/c1-5-16(4)14(17)9-18-13-7-6-10(2)8-12(13)11(3)15/h6-8,11H,5,9,15H2,1-4H3. The summed E-state index contributed by atoms with van der Waals surface area (Å²) in [6.45, 7) is 6.56. The van der Waals surface area contributed by atoms with E-state index in [1.54, 1.807) is 11.9 Å². The smallest absolute Gasteiger partial charge is 0.260 e. The van der Waals surface area contributed by atoms with Crippen molar-refractivity contribution < 1.29 is 9.53 Å². The number of likely N-dealkylation sites (N-methyl/N-ethyl adjacent to an activating group) is 1. The molecule has 0 bridgehead atoms. The van der Waals surface area contributed by atoms with Crippen LogP contribution in [0.2, 0.25) is 0 Å². The summed E-state index contributed by atoms with van der Waals surface area (Å²) in [6, 6.07) is 5.70. The molecule has 0 radical (unpaired) electrons. The number of carbonyl (C=O) groups excluding carboxylic acids is 1. The number of benzene rings is 1. The second-order valence-corrected chi connectivity index (χ2v) is 4.53. The Morgan fingerprint density at radius 3 is 2.72 bits per heavy atom. The van der Waals surface area contributed by atoms with E-state index in [1.807, 2.05) is 39.0 Å². The first-order valence-corrected chi connectivity index (χ1v) is 6.18. The van der Waals surface area contributed by atoms with Crippen molar-refractivity contribution in [2.75, 3.05) is 20.2 Å². The van der Waals surface area contributed by atoms with Crippen LogP contribution in [0.15, 0.2) is 18.2 Å². The van der Waals surface area contributed by atoms with Crippen LogP contribution in [0.5, 0.6) is 5.75 Å². The van der Waals surface area contributed by atoms with Gasteiger partial charge in [0.05, 0.1) is 0 Å². The Morgan fingerprint density at radius 1 is 1.50 bits per heavy atom. The zero-order chi connectivity index (χ0) is 13.7. The van der Waals surface area contributed by atoms with E-state index in [2.05, 4.69) is 0 Å². The Balaban J connectivity index is 2.76. The average molecular weight is 250 g/mol. The molecule has 0 spiro atoms. The Labute approximate surface area is 109 Å². The van der Waals surface area contributed by atoms with Gasteiger partial charge in [0.15, 0.2) is 6.61 Å². The highest BCUT2D eigenvalue weighted by molar-refractivity contribution is 5.77. The van der Waals surface area contributed by atoms with Gasteiger partial charge in [0.2, 0.25) is 0 Å². The van der Waals surface area contributed by atoms with Crippen molar-refractivity contribution in [1.82, 2.24) is 4.90 Å². The third kappa shape index (κ3) is 3.74. The quantitative estimate of drug-likeness (QED) is 0.868. The summed E-state index contributed by atoms with van der Waals surface area (Å²) in [6.07, 6.45) is 0. The van der Waals surface area contributed by atoms with Crippen molar-refractivity contribution in [2.24, 2.45) is 5.73 Å². The molecule has 1 atom stereocenters. The molecule has 0 aliphatic heterocycles. The van der Waals surface area contributed by atoms with Gasteiger partial charge in [-0.15, -0.1) is 0 Å². The van der Waals surface area contributed by atoms with Crippen LogP contribution in [0.25, 0.3) is 0 Å². The van der Waals surface area contributed by atoms with Gasteiger partial charge in [0.25, 0.3) is 5.91 Å². The molecule has 1 aromatic rings. The Hall–Kier alpha value is -1.55. The molecule has 2 N–H and O–H groups in total. The summed E-state index contributed by atoms with van der Waals surface area (Å²) >= 11 is 0. The van der Waals surface area contributed by atoms with Crippen LogP contribution in [0.4, 0.5) is 0 Å². The van der Waals surface area contributed by atoms with Crippen LogP contribution in [0.3, 0.4) is 0 Å². The first-order chi connectivity index (χ1) is 8.45. The van der Waals surface area contributed by atoms with E-state index >= 15 is 0 Å². The van der Waals surface area contributed by atoms with Crippen LogP contribution in [-0.2, 0) is 4.79 Å². The van der Waals surface area contributed by atoms with Crippen LogP contribution in [-0.4, -0.2) is 31.0 Å². The number of rotatable bonds is 5. The second kappa shape index (κ2) is 6.40. The lowest BCUT2D eigenvalue weighted by atomic mass is 10.1. The normalized spacial score (nSPS) is 12.1. The van der Waals surface area contributed by atoms with Crippen molar-refractivity contribution >= 4 is 5.91 Å². The zero-order valence-corrected chi connectivity index (χ0v) is 11.6. The third-order valence-electron chi connectivity index (χ3n) is 2.91. The maximum Gasteiger partial charge on any atom is 0.260 e. The Morgan fingerprint density at radius 2 is 2.17 bits per heavy atom. The predicted octanol–water partition coefficient (Wildman–Crippen LogP) is 1.87. The number of nitrogens with two attached hydrogens (primary N) is 1. The van der Waals surface area contributed by atoms with E-state index in [1.165, 1.54) is 0 Å². The van der Waals surface area contributed by atoms with Crippen molar-refractivity contribution in [3.8, 4) is 5.75 Å². The molecule has 0 saturated carbocycles. The maximum atomic E-state index is 11.7. The molecule has 0 saturated heterocycles. The molecule has 0 aliphatic rings. The fraction of sp³-hybridized carbons (Fsp3) is 0.500. The summed E-state index contributed by atoms with van der Waals surface area (Å²) < 4.78 is 5.57. The number of ether oxygens (including phenoxy) is 1. The molecular formula is C14H22N2O2. The van der Waals surface area contributed by atoms with Gasteiger partial charge >= 0.3 is 0 Å². The number of hydrogen-bond acceptors (Lipinski definition) is 3. The minimum absolute atomic E-state index is 0.0336. The van der Waals surface area contributed by atoms with Gasteiger partial charge in [-0.2, -0.15) is 0 Å². The van der Waals surface area contributed by atoms with Crippen molar-refractivity contribution in [1.29, 1.82) is 0 Å². The zero-order valence-electron chi connectivity index (χ0n) is 11.6. The summed E-state index contributed by atoms with van der Waals surface area (Å²) in [5, 5.41) is 0. The van der Waals surface area contributed by atoms with Crippen molar-refractivity contribution in [3.63, 3.8) is 0 Å². The molecule has 0 fully saturated rings. The molecule has 1 amide bonds. The number of hydrogen-bond donors (Lipinski definition) is 1. The highest BCUT2D eigenvalue weighted by Gasteiger charge is 2.12. The molecule has 1 aromatic carbocycles. The SMILES string of the molecule is CCN(C)C(=O)COc1ccc(C)cc1C(C)N. The summed E-state index contributed by atoms with van der Waals surface area (Å²) in [7, 11) is 1.76. The van der Waals surface area contributed by atoms with Crippen LogP contribution in [0, 0.1) is 6.92 Å². The Bertz CT molecular complexity index is 416. The fourth-order valence-corrected chi connectivity index (χ4v) is 1.58. The molecule has 4 nitrogen and oxygen atoms in total. The topological polar surface area (TPSA) is 55.6 Å². The maximum absolute atomic E-state index is 11.7. The van der Waals surface area contributed by atoms with E-state index in [9.17, 15) is 4.79 Å². The molecule has 1 unspecified atom stereocenters. The van der Waals surface area contributed by atoms with Gasteiger partial charge in [0, 0.05) is 25.2 Å². The largest absolute Gasteiger partial charge is 0.483 e. The molecule has 4 heteroatoms. The number of aryl methyl sites for hydroxylation is 1. The van der Waals surface area contributed by atoms with Crippen molar-refractivity contribution in [3.05, 3.63) is 29.3 Å². The van der Waals surface area contributed by atoms with E-state index in [-0.39, 0.29) is 18.6 Å². The minimum Gasteiger partial charge on any atom is -0.483 e. The van der Waals surface area contributed by atoms with E-state index in [4.69, 9.17) is 10.5 Å². The first kappa shape index (κ1) is 14.5. The van der Waals surface area contributed by atoms with Crippen LogP contribution >= 0.6 is 0 Å². The third-order valence-corrected chi connectivity index (χ3v) is 2.91. The van der Waals surface area contributed by atoms with Gasteiger partial charge in [-0.25, -0.2) is 0 Å². The molecule has 0 heterocycles. The van der Waals surface area contributed by atoms with Gasteiger partial charge in [-0.05, 0) is 26.8 Å². The number of amides is 1. The van der Waals surface area contributed by atoms with Gasteiger partial charge in [0.1, 0.15) is 5.75 Å². The first-order valence-electron chi connectivity index (χ1n) is 6.18. The van der Waals surface area contributed by atoms with Gasteiger partial charge in [-0.1, -0.05) is 17.7 Å². The van der Waals surface area contributed by atoms with Crippen LogP contribution < -0.4 is 10.5 Å². The average Bonchev–Trinajstić information content (AvgIpc) is 2.35. The highest BCUT2D eigenvalue weighted by Crippen LogP contribution is 2.24. The lowest BCUT2D eigenvalue weighted by Gasteiger charge is -2.17. The second-order valence-electron chi connectivity index (χ2n) is 4.53. The summed E-state index contributed by atoms with van der Waals surface area (Å²) in [4.78, 5) is 13.3. The fourth-order valence-electron chi connectivity index (χ4n) is 1.58. The molecular weight excluding hydrogens is 228 g/mol. The van der Waals surface area contributed by atoms with E-state index < -0.39 is 0 Å². The summed E-state index contributed by atoms with van der Waals surface area (Å²) in [5.74, 6) is 0.655. The summed E-state index contributed by atoms with van der Waals surface area (Å²) in [5.41, 5.74) is 7.96. The molecule has 0 aliphatic carbocycles. The van der Waals surface area contributed by atoms with E-state index in [0.717, 1.165) is 11.1 Å².